The fourth-order valence-electron chi connectivity index (χ4n) is 1.91. The molecule has 1 aliphatic rings. The van der Waals surface area contributed by atoms with Crippen LogP contribution in [0.3, 0.4) is 0 Å². The average molecular weight is 268 g/mol. The number of ether oxygens (including phenoxy) is 1. The normalized spacial score (nSPS) is 15.5. The first-order valence-electron chi connectivity index (χ1n) is 5.92. The van der Waals surface area contributed by atoms with E-state index in [1.165, 1.54) is 18.2 Å². The summed E-state index contributed by atoms with van der Waals surface area (Å²) >= 11 is 0. The molecule has 1 aromatic heterocycles. The zero-order valence-electron chi connectivity index (χ0n) is 9.87. The van der Waals surface area contributed by atoms with Gasteiger partial charge in [-0.1, -0.05) is 12.1 Å². The molecule has 0 unspecified atom stereocenters. The van der Waals surface area contributed by atoms with Crippen LogP contribution in [-0.2, 0) is 0 Å². The van der Waals surface area contributed by atoms with Gasteiger partial charge in [-0.15, -0.1) is 13.2 Å². The standard InChI is InChI=1S/C13H11F3N2O/c14-13(15,16)19-10-3-1-2-9(6-10)11-7-17-12(18-11)8-4-5-8/h1-3,6-8H,4-5H2,(H,17,18). The molecule has 0 saturated heterocycles. The van der Waals surface area contributed by atoms with Crippen molar-refractivity contribution in [2.24, 2.45) is 0 Å². The highest BCUT2D eigenvalue weighted by atomic mass is 19.4. The summed E-state index contributed by atoms with van der Waals surface area (Å²) in [4.78, 5) is 7.37. The SMILES string of the molecule is FC(F)(F)Oc1cccc(-c2cnc(C3CC3)[nH]2)c1. The molecule has 2 aromatic rings. The van der Waals surface area contributed by atoms with Crippen molar-refractivity contribution in [2.45, 2.75) is 25.1 Å². The summed E-state index contributed by atoms with van der Waals surface area (Å²) in [6, 6.07) is 5.86. The van der Waals surface area contributed by atoms with Gasteiger partial charge in [-0.25, -0.2) is 4.98 Å². The molecule has 0 amide bonds. The van der Waals surface area contributed by atoms with Crippen LogP contribution in [0.4, 0.5) is 13.2 Å². The van der Waals surface area contributed by atoms with Crippen LogP contribution in [0.1, 0.15) is 24.6 Å². The van der Waals surface area contributed by atoms with Crippen LogP contribution < -0.4 is 4.74 Å². The Labute approximate surface area is 107 Å². The van der Waals surface area contributed by atoms with Crippen LogP contribution in [0.25, 0.3) is 11.3 Å². The van der Waals surface area contributed by atoms with Gasteiger partial charge >= 0.3 is 6.36 Å². The van der Waals surface area contributed by atoms with Crippen molar-refractivity contribution in [2.75, 3.05) is 0 Å². The van der Waals surface area contributed by atoms with Gasteiger partial charge in [-0.2, -0.15) is 0 Å². The molecule has 0 radical (unpaired) electrons. The number of hydrogen-bond donors (Lipinski definition) is 1. The van der Waals surface area contributed by atoms with Crippen molar-refractivity contribution in [3.05, 3.63) is 36.3 Å². The number of rotatable bonds is 3. The lowest BCUT2D eigenvalue weighted by Gasteiger charge is -2.09. The fourth-order valence-corrected chi connectivity index (χ4v) is 1.91. The maximum Gasteiger partial charge on any atom is 0.573 e. The van der Waals surface area contributed by atoms with Gasteiger partial charge in [0.05, 0.1) is 11.9 Å². The van der Waals surface area contributed by atoms with E-state index in [1.807, 2.05) is 0 Å². The number of H-pyrrole nitrogens is 1. The van der Waals surface area contributed by atoms with Gasteiger partial charge in [-0.3, -0.25) is 0 Å². The van der Waals surface area contributed by atoms with Crippen LogP contribution in [0.2, 0.25) is 0 Å². The Morgan fingerprint density at radius 1 is 1.26 bits per heavy atom. The lowest BCUT2D eigenvalue weighted by atomic mass is 10.1. The topological polar surface area (TPSA) is 37.9 Å². The number of nitrogens with zero attached hydrogens (tertiary/aromatic N) is 1. The minimum absolute atomic E-state index is 0.229. The molecule has 0 aliphatic heterocycles. The van der Waals surface area contributed by atoms with E-state index in [4.69, 9.17) is 0 Å². The van der Waals surface area contributed by atoms with E-state index in [0.717, 1.165) is 18.7 Å². The largest absolute Gasteiger partial charge is 0.573 e. The van der Waals surface area contributed by atoms with Gasteiger partial charge in [0.15, 0.2) is 0 Å². The molecule has 0 atom stereocenters. The van der Waals surface area contributed by atoms with Crippen molar-refractivity contribution in [3.63, 3.8) is 0 Å². The Balaban J connectivity index is 1.85. The number of alkyl halides is 3. The highest BCUT2D eigenvalue weighted by Crippen LogP contribution is 2.39. The molecule has 100 valence electrons. The van der Waals surface area contributed by atoms with Gasteiger partial charge in [0.2, 0.25) is 0 Å². The predicted molar refractivity (Wildman–Crippen MR) is 62.7 cm³/mol. The second kappa shape index (κ2) is 4.29. The van der Waals surface area contributed by atoms with Crippen LogP contribution in [0, 0.1) is 0 Å². The molecule has 0 spiro atoms. The third-order valence-electron chi connectivity index (χ3n) is 2.94. The van der Waals surface area contributed by atoms with E-state index in [2.05, 4.69) is 14.7 Å². The smallest absolute Gasteiger partial charge is 0.406 e. The Bertz CT molecular complexity index is 588. The van der Waals surface area contributed by atoms with Gasteiger partial charge in [0, 0.05) is 11.5 Å². The van der Waals surface area contributed by atoms with E-state index in [9.17, 15) is 13.2 Å². The van der Waals surface area contributed by atoms with Crippen LogP contribution in [-0.4, -0.2) is 16.3 Å². The molecule has 3 rings (SSSR count). The van der Waals surface area contributed by atoms with E-state index >= 15 is 0 Å². The van der Waals surface area contributed by atoms with E-state index in [-0.39, 0.29) is 5.75 Å². The Hall–Kier alpha value is -1.98. The molecule has 1 saturated carbocycles. The van der Waals surface area contributed by atoms with Crippen molar-refractivity contribution in [3.8, 4) is 17.0 Å². The quantitative estimate of drug-likeness (QED) is 0.918. The van der Waals surface area contributed by atoms with E-state index in [0.29, 0.717) is 17.2 Å². The first-order chi connectivity index (χ1) is 9.01. The van der Waals surface area contributed by atoms with Gasteiger partial charge in [0.25, 0.3) is 0 Å². The van der Waals surface area contributed by atoms with Crippen molar-refractivity contribution in [1.82, 2.24) is 9.97 Å². The minimum Gasteiger partial charge on any atom is -0.406 e. The number of aromatic nitrogens is 2. The summed E-state index contributed by atoms with van der Waals surface area (Å²) in [5.41, 5.74) is 1.33. The number of benzene rings is 1. The predicted octanol–water partition coefficient (Wildman–Crippen LogP) is 3.85. The maximum absolute atomic E-state index is 12.2. The van der Waals surface area contributed by atoms with Crippen LogP contribution in [0.5, 0.6) is 5.75 Å². The fraction of sp³-hybridized carbons (Fsp3) is 0.308. The molecule has 1 aromatic carbocycles. The van der Waals surface area contributed by atoms with Gasteiger partial charge in [0.1, 0.15) is 11.6 Å². The molecular weight excluding hydrogens is 257 g/mol. The van der Waals surface area contributed by atoms with Crippen LogP contribution >= 0.6 is 0 Å². The first-order valence-corrected chi connectivity index (χ1v) is 5.92. The molecule has 19 heavy (non-hydrogen) atoms. The summed E-state index contributed by atoms with van der Waals surface area (Å²) in [7, 11) is 0. The van der Waals surface area contributed by atoms with Crippen molar-refractivity contribution >= 4 is 0 Å². The number of aromatic amines is 1. The molecule has 1 aliphatic carbocycles. The third kappa shape index (κ3) is 2.89. The lowest BCUT2D eigenvalue weighted by Crippen LogP contribution is -2.17. The molecule has 3 nitrogen and oxygen atoms in total. The molecule has 0 bridgehead atoms. The van der Waals surface area contributed by atoms with Gasteiger partial charge < -0.3 is 9.72 Å². The van der Waals surface area contributed by atoms with Gasteiger partial charge in [-0.05, 0) is 25.0 Å². The average Bonchev–Trinajstić information content (AvgIpc) is 3.05. The zero-order chi connectivity index (χ0) is 13.5. The molecule has 1 fully saturated rings. The maximum atomic E-state index is 12.2. The number of imidazole rings is 1. The second-order valence-corrected chi connectivity index (χ2v) is 4.53. The number of nitrogens with one attached hydrogen (secondary N) is 1. The Kier molecular flexibility index (Phi) is 2.73. The summed E-state index contributed by atoms with van der Waals surface area (Å²) in [5.74, 6) is 1.15. The van der Waals surface area contributed by atoms with E-state index in [1.54, 1.807) is 12.3 Å². The van der Waals surface area contributed by atoms with E-state index < -0.39 is 6.36 Å². The first kappa shape index (κ1) is 12.1. The summed E-state index contributed by atoms with van der Waals surface area (Å²) in [5, 5.41) is 0. The summed E-state index contributed by atoms with van der Waals surface area (Å²) < 4.78 is 40.4. The third-order valence-corrected chi connectivity index (χ3v) is 2.94. The van der Waals surface area contributed by atoms with Crippen molar-refractivity contribution in [1.29, 1.82) is 0 Å². The minimum atomic E-state index is -4.67. The van der Waals surface area contributed by atoms with Crippen LogP contribution in [0.15, 0.2) is 30.5 Å². The Morgan fingerprint density at radius 3 is 2.74 bits per heavy atom. The summed E-state index contributed by atoms with van der Waals surface area (Å²) in [6.07, 6.45) is -0.805. The zero-order valence-corrected chi connectivity index (χ0v) is 9.87. The second-order valence-electron chi connectivity index (χ2n) is 4.53. The number of halogens is 3. The molecule has 6 heteroatoms. The highest BCUT2D eigenvalue weighted by Gasteiger charge is 2.31. The molecule has 1 heterocycles. The van der Waals surface area contributed by atoms with Crippen molar-refractivity contribution < 1.29 is 17.9 Å². The molecular formula is C13H11F3N2O. The Morgan fingerprint density at radius 2 is 2.05 bits per heavy atom. The highest BCUT2D eigenvalue weighted by molar-refractivity contribution is 5.60. The molecule has 1 N–H and O–H groups in total. The lowest BCUT2D eigenvalue weighted by molar-refractivity contribution is -0.274. The summed E-state index contributed by atoms with van der Waals surface area (Å²) in [6.45, 7) is 0. The number of hydrogen-bond acceptors (Lipinski definition) is 2. The monoisotopic (exact) mass is 268 g/mol.